The number of hydrogen-bond donors (Lipinski definition) is 1. The van der Waals surface area contributed by atoms with Crippen LogP contribution in [-0.4, -0.2) is 35.2 Å². The lowest BCUT2D eigenvalue weighted by atomic mass is 9.99. The van der Waals surface area contributed by atoms with Gasteiger partial charge in [-0.1, -0.05) is 33.8 Å². The van der Waals surface area contributed by atoms with Gasteiger partial charge in [-0.15, -0.1) is 4.72 Å². The molecule has 144 valence electrons. The molecule has 0 saturated carbocycles. The minimum Gasteiger partial charge on any atom is -0.598 e. The van der Waals surface area contributed by atoms with E-state index in [1.807, 2.05) is 39.0 Å². The van der Waals surface area contributed by atoms with E-state index >= 15 is 0 Å². The van der Waals surface area contributed by atoms with Crippen molar-refractivity contribution in [1.29, 1.82) is 0 Å². The minimum absolute atomic E-state index is 0.0518. The molecule has 1 N–H and O–H groups in total. The topological polar surface area (TPSA) is 57.2 Å². The predicted octanol–water partition coefficient (Wildman–Crippen LogP) is 4.63. The fraction of sp³-hybridized carbons (Fsp3) is 0.737. The molecule has 1 rings (SSSR count). The summed E-state index contributed by atoms with van der Waals surface area (Å²) in [7, 11) is -1.87. The van der Waals surface area contributed by atoms with E-state index in [1.54, 1.807) is 6.20 Å². The van der Waals surface area contributed by atoms with Crippen LogP contribution in [0.2, 0.25) is 18.1 Å². The Bertz CT molecular complexity index is 526. The molecule has 1 aromatic rings. The summed E-state index contributed by atoms with van der Waals surface area (Å²) in [6.45, 7) is 19.8. The molecule has 1 heterocycles. The summed E-state index contributed by atoms with van der Waals surface area (Å²) in [5, 5.41) is 0.148. The smallest absolute Gasteiger partial charge is 0.192 e. The van der Waals surface area contributed by atoms with Gasteiger partial charge >= 0.3 is 0 Å². The van der Waals surface area contributed by atoms with Gasteiger partial charge in [-0.2, -0.15) is 0 Å². The lowest BCUT2D eigenvalue weighted by Crippen LogP contribution is -2.51. The Balaban J connectivity index is 2.95. The second kappa shape index (κ2) is 8.52. The fourth-order valence-corrected chi connectivity index (χ4v) is 3.89. The molecule has 0 bridgehead atoms. The Hall–Kier alpha value is -0.403. The molecule has 0 aromatic carbocycles. The maximum Gasteiger partial charge on any atom is 0.192 e. The highest BCUT2D eigenvalue weighted by molar-refractivity contribution is 7.90. The van der Waals surface area contributed by atoms with Gasteiger partial charge in [0.25, 0.3) is 0 Å². The summed E-state index contributed by atoms with van der Waals surface area (Å²) >= 11 is -1.15. The van der Waals surface area contributed by atoms with E-state index in [9.17, 15) is 4.55 Å². The van der Waals surface area contributed by atoms with Crippen LogP contribution in [0.1, 0.15) is 60.1 Å². The third-order valence-corrected chi connectivity index (χ3v) is 11.1. The maximum atomic E-state index is 12.7. The first kappa shape index (κ1) is 22.6. The molecule has 4 nitrogen and oxygen atoms in total. The van der Waals surface area contributed by atoms with Gasteiger partial charge in [-0.3, -0.25) is 4.98 Å². The van der Waals surface area contributed by atoms with Gasteiger partial charge in [0.15, 0.2) is 8.32 Å². The molecule has 25 heavy (non-hydrogen) atoms. The number of aromatic nitrogens is 1. The SMILES string of the molecule is C[C@@H](c1ccccn1)[C@H](CO[Si](C)(C)C(C)(C)C)N[S@+]([O-])C(C)(C)C. The van der Waals surface area contributed by atoms with Crippen LogP contribution < -0.4 is 4.72 Å². The highest BCUT2D eigenvalue weighted by Gasteiger charge is 2.39. The normalized spacial score (nSPS) is 17.2. The van der Waals surface area contributed by atoms with E-state index in [0.717, 1.165) is 5.69 Å². The highest BCUT2D eigenvalue weighted by Crippen LogP contribution is 2.37. The second-order valence-corrected chi connectivity index (χ2v) is 16.0. The largest absolute Gasteiger partial charge is 0.598 e. The predicted molar refractivity (Wildman–Crippen MR) is 111 cm³/mol. The Kier molecular flexibility index (Phi) is 7.72. The number of nitrogens with one attached hydrogen (secondary N) is 1. The van der Waals surface area contributed by atoms with E-state index in [0.29, 0.717) is 6.61 Å². The molecule has 0 spiro atoms. The van der Waals surface area contributed by atoms with Crippen LogP contribution in [0.3, 0.4) is 0 Å². The lowest BCUT2D eigenvalue weighted by molar-refractivity contribution is 0.240. The van der Waals surface area contributed by atoms with Gasteiger partial charge in [-0.05, 0) is 51.0 Å². The van der Waals surface area contributed by atoms with Crippen molar-refractivity contribution >= 4 is 19.7 Å². The standard InChI is InChI=1S/C19H36N2O2SSi/c1-15(16-12-10-11-13-20-16)17(21-24(22)18(2,3)4)14-23-25(8,9)19(5,6)7/h10-13,15,17,21H,14H2,1-9H3/t15-,17-,24+/m0/s1. The summed E-state index contributed by atoms with van der Waals surface area (Å²) in [6.07, 6.45) is 1.80. The van der Waals surface area contributed by atoms with E-state index in [2.05, 4.69) is 50.5 Å². The third-order valence-electron chi connectivity index (χ3n) is 5.00. The molecule has 0 saturated heterocycles. The Labute approximate surface area is 158 Å². The molecule has 0 radical (unpaired) electrons. The van der Waals surface area contributed by atoms with Crippen molar-refractivity contribution in [2.24, 2.45) is 0 Å². The zero-order valence-electron chi connectivity index (χ0n) is 17.3. The fourth-order valence-electron chi connectivity index (χ4n) is 1.96. The van der Waals surface area contributed by atoms with Gasteiger partial charge in [0.1, 0.15) is 4.75 Å². The molecule has 0 fully saturated rings. The molecule has 0 aliphatic carbocycles. The summed E-state index contributed by atoms with van der Waals surface area (Å²) in [6, 6.07) is 5.87. The first-order valence-corrected chi connectivity index (χ1v) is 13.0. The van der Waals surface area contributed by atoms with Gasteiger partial charge in [-0.25, -0.2) is 0 Å². The van der Waals surface area contributed by atoms with Gasteiger partial charge in [0.2, 0.25) is 0 Å². The Morgan fingerprint density at radius 3 is 2.24 bits per heavy atom. The molecule has 0 unspecified atom stereocenters. The highest BCUT2D eigenvalue weighted by atomic mass is 32.2. The molecule has 3 atom stereocenters. The van der Waals surface area contributed by atoms with E-state index in [1.165, 1.54) is 0 Å². The minimum atomic E-state index is -1.87. The molecule has 1 aromatic heterocycles. The van der Waals surface area contributed by atoms with Crippen LogP contribution in [-0.2, 0) is 15.8 Å². The van der Waals surface area contributed by atoms with Crippen LogP contribution in [0, 0.1) is 0 Å². The quantitative estimate of drug-likeness (QED) is 0.550. The summed E-state index contributed by atoms with van der Waals surface area (Å²) in [5.74, 6) is 0.109. The Morgan fingerprint density at radius 2 is 1.80 bits per heavy atom. The third kappa shape index (κ3) is 6.68. The van der Waals surface area contributed by atoms with Crippen molar-refractivity contribution in [3.8, 4) is 0 Å². The zero-order valence-corrected chi connectivity index (χ0v) is 19.2. The van der Waals surface area contributed by atoms with Crippen molar-refractivity contribution in [2.75, 3.05) is 6.61 Å². The molecule has 6 heteroatoms. The average molecular weight is 385 g/mol. The van der Waals surface area contributed by atoms with Crippen LogP contribution in [0.15, 0.2) is 24.4 Å². The number of pyridine rings is 1. The molecular weight excluding hydrogens is 348 g/mol. The van der Waals surface area contributed by atoms with Crippen LogP contribution in [0.25, 0.3) is 0 Å². The first-order valence-electron chi connectivity index (χ1n) is 8.98. The molecular formula is C19H36N2O2SSi. The van der Waals surface area contributed by atoms with Gasteiger partial charge in [0, 0.05) is 29.2 Å². The van der Waals surface area contributed by atoms with E-state index in [-0.39, 0.29) is 21.7 Å². The second-order valence-electron chi connectivity index (χ2n) is 9.22. The summed E-state index contributed by atoms with van der Waals surface area (Å²) < 4.78 is 22.1. The number of nitrogens with zero attached hydrogens (tertiary/aromatic N) is 1. The molecule has 0 amide bonds. The van der Waals surface area contributed by atoms with E-state index in [4.69, 9.17) is 4.43 Å². The van der Waals surface area contributed by atoms with Crippen LogP contribution >= 0.6 is 0 Å². The summed E-state index contributed by atoms with van der Waals surface area (Å²) in [5.41, 5.74) is 0.991. The lowest BCUT2D eigenvalue weighted by Gasteiger charge is -2.38. The molecule has 0 aliphatic heterocycles. The van der Waals surface area contributed by atoms with Crippen molar-refractivity contribution in [3.63, 3.8) is 0 Å². The summed E-state index contributed by atoms with van der Waals surface area (Å²) in [4.78, 5) is 4.48. The zero-order chi connectivity index (χ0) is 19.5. The van der Waals surface area contributed by atoms with Crippen molar-refractivity contribution in [1.82, 2.24) is 9.71 Å². The maximum absolute atomic E-state index is 12.7. The van der Waals surface area contributed by atoms with Crippen LogP contribution in [0.5, 0.6) is 0 Å². The average Bonchev–Trinajstić information content (AvgIpc) is 2.49. The van der Waals surface area contributed by atoms with Crippen molar-refractivity contribution in [2.45, 2.75) is 83.3 Å². The number of rotatable bonds is 7. The van der Waals surface area contributed by atoms with Crippen LogP contribution in [0.4, 0.5) is 0 Å². The monoisotopic (exact) mass is 384 g/mol. The van der Waals surface area contributed by atoms with Crippen molar-refractivity contribution < 1.29 is 8.98 Å². The van der Waals surface area contributed by atoms with Gasteiger partial charge < -0.3 is 8.98 Å². The Morgan fingerprint density at radius 1 is 1.20 bits per heavy atom. The molecule has 0 aliphatic rings. The first-order chi connectivity index (χ1) is 11.3. The van der Waals surface area contributed by atoms with Gasteiger partial charge in [0.05, 0.1) is 12.6 Å². The van der Waals surface area contributed by atoms with Crippen molar-refractivity contribution in [3.05, 3.63) is 30.1 Å². The van der Waals surface area contributed by atoms with E-state index < -0.39 is 19.7 Å². The number of hydrogen-bond acceptors (Lipinski definition) is 4.